The molecule has 0 spiro atoms. The Hall–Kier alpha value is -0.650. The molecule has 0 fully saturated rings. The second-order valence-electron chi connectivity index (χ2n) is 3.37. The molecule has 3 atom stereocenters. The Morgan fingerprint density at radius 1 is 1.50 bits per heavy atom. The summed E-state index contributed by atoms with van der Waals surface area (Å²) < 4.78 is 5.19. The quantitative estimate of drug-likeness (QED) is 0.534. The normalized spacial score (nSPS) is 17.2. The van der Waals surface area contributed by atoms with E-state index in [0.717, 1.165) is 0 Å². The van der Waals surface area contributed by atoms with Gasteiger partial charge in [-0.25, -0.2) is 0 Å². The topological polar surface area (TPSA) is 78.8 Å². The maximum absolute atomic E-state index is 10.7. The van der Waals surface area contributed by atoms with Crippen molar-refractivity contribution in [2.75, 3.05) is 13.2 Å². The van der Waals surface area contributed by atoms with Crippen LogP contribution in [0.1, 0.15) is 20.8 Å². The van der Waals surface area contributed by atoms with E-state index >= 15 is 0 Å². The average Bonchev–Trinajstić information content (AvgIpc) is 2.10. The average molecular weight is 205 g/mol. The van der Waals surface area contributed by atoms with Crippen LogP contribution in [0.2, 0.25) is 0 Å². The Balaban J connectivity index is 3.91. The van der Waals surface area contributed by atoms with Crippen molar-refractivity contribution in [3.05, 3.63) is 0 Å². The van der Waals surface area contributed by atoms with Crippen LogP contribution in [0.5, 0.6) is 0 Å². The standard InChI is InChI=1S/C9H19NO4/c1-6(4-11)14-5-9(7(2)12)10-8(3)13/h6-7,9,11-12H,4-5H2,1-3H3,(H,10,13). The number of hydrogen-bond acceptors (Lipinski definition) is 4. The lowest BCUT2D eigenvalue weighted by atomic mass is 10.2. The van der Waals surface area contributed by atoms with Crippen LogP contribution in [-0.4, -0.2) is 47.6 Å². The van der Waals surface area contributed by atoms with Crippen molar-refractivity contribution in [1.82, 2.24) is 5.32 Å². The first kappa shape index (κ1) is 13.4. The van der Waals surface area contributed by atoms with E-state index in [-0.39, 0.29) is 25.2 Å². The molecule has 1 amide bonds. The molecule has 0 radical (unpaired) electrons. The van der Waals surface area contributed by atoms with E-state index < -0.39 is 12.1 Å². The summed E-state index contributed by atoms with van der Waals surface area (Å²) in [6.07, 6.45) is -0.963. The van der Waals surface area contributed by atoms with Crippen molar-refractivity contribution in [2.45, 2.75) is 39.0 Å². The van der Waals surface area contributed by atoms with Crippen LogP contribution in [0.4, 0.5) is 0 Å². The number of ether oxygens (including phenoxy) is 1. The third kappa shape index (κ3) is 5.90. The molecule has 5 heteroatoms. The van der Waals surface area contributed by atoms with Crippen LogP contribution in [0, 0.1) is 0 Å². The van der Waals surface area contributed by atoms with Gasteiger partial charge in [0.2, 0.25) is 5.91 Å². The fourth-order valence-electron chi connectivity index (χ4n) is 0.883. The van der Waals surface area contributed by atoms with E-state index in [1.165, 1.54) is 6.92 Å². The van der Waals surface area contributed by atoms with Gasteiger partial charge >= 0.3 is 0 Å². The van der Waals surface area contributed by atoms with E-state index in [0.29, 0.717) is 0 Å². The van der Waals surface area contributed by atoms with Crippen LogP contribution in [0.25, 0.3) is 0 Å². The van der Waals surface area contributed by atoms with Gasteiger partial charge in [0, 0.05) is 6.92 Å². The van der Waals surface area contributed by atoms with Gasteiger partial charge in [0.25, 0.3) is 0 Å². The zero-order valence-electron chi connectivity index (χ0n) is 8.86. The molecule has 0 aromatic carbocycles. The number of aliphatic hydroxyl groups excluding tert-OH is 2. The number of amides is 1. The van der Waals surface area contributed by atoms with Crippen molar-refractivity contribution < 1.29 is 19.7 Å². The highest BCUT2D eigenvalue weighted by atomic mass is 16.5. The van der Waals surface area contributed by atoms with Crippen LogP contribution >= 0.6 is 0 Å². The molecule has 0 bridgehead atoms. The molecule has 3 N–H and O–H groups in total. The van der Waals surface area contributed by atoms with E-state index in [2.05, 4.69) is 5.32 Å². The van der Waals surface area contributed by atoms with Gasteiger partial charge in [0.05, 0.1) is 31.5 Å². The first-order valence-corrected chi connectivity index (χ1v) is 4.65. The summed E-state index contributed by atoms with van der Waals surface area (Å²) in [5, 5.41) is 20.5. The highest BCUT2D eigenvalue weighted by molar-refractivity contribution is 5.73. The van der Waals surface area contributed by atoms with E-state index in [9.17, 15) is 9.90 Å². The Morgan fingerprint density at radius 2 is 2.07 bits per heavy atom. The summed E-state index contributed by atoms with van der Waals surface area (Å²) in [5.41, 5.74) is 0. The Labute approximate surface area is 84.1 Å². The lowest BCUT2D eigenvalue weighted by Gasteiger charge is -2.22. The Bertz CT molecular complexity index is 172. The number of carbonyl (C=O) groups excluding carboxylic acids is 1. The number of hydrogen-bond donors (Lipinski definition) is 3. The molecule has 0 aromatic rings. The molecule has 84 valence electrons. The van der Waals surface area contributed by atoms with Crippen molar-refractivity contribution in [3.8, 4) is 0 Å². The van der Waals surface area contributed by atoms with Crippen LogP contribution in [0.3, 0.4) is 0 Å². The zero-order chi connectivity index (χ0) is 11.1. The molecule has 0 saturated carbocycles. The molecule has 0 aliphatic carbocycles. The third-order valence-corrected chi connectivity index (χ3v) is 1.79. The van der Waals surface area contributed by atoms with Gasteiger partial charge in [-0.3, -0.25) is 4.79 Å². The fraction of sp³-hybridized carbons (Fsp3) is 0.889. The molecular weight excluding hydrogens is 186 g/mol. The van der Waals surface area contributed by atoms with Gasteiger partial charge in [0.15, 0.2) is 0 Å². The molecule has 3 unspecified atom stereocenters. The highest BCUT2D eigenvalue weighted by Gasteiger charge is 2.17. The van der Waals surface area contributed by atoms with Gasteiger partial charge in [-0.05, 0) is 13.8 Å². The Kier molecular flexibility index (Phi) is 6.44. The Morgan fingerprint density at radius 3 is 2.43 bits per heavy atom. The second kappa shape index (κ2) is 6.75. The second-order valence-corrected chi connectivity index (χ2v) is 3.37. The van der Waals surface area contributed by atoms with Crippen LogP contribution in [0.15, 0.2) is 0 Å². The molecule has 0 aromatic heterocycles. The minimum atomic E-state index is -0.676. The third-order valence-electron chi connectivity index (χ3n) is 1.79. The van der Waals surface area contributed by atoms with Gasteiger partial charge < -0.3 is 20.3 Å². The SMILES string of the molecule is CC(=O)NC(COC(C)CO)C(C)O. The maximum atomic E-state index is 10.7. The van der Waals surface area contributed by atoms with Crippen LogP contribution < -0.4 is 5.32 Å². The van der Waals surface area contributed by atoms with Gasteiger partial charge in [-0.2, -0.15) is 0 Å². The van der Waals surface area contributed by atoms with E-state index in [4.69, 9.17) is 9.84 Å². The zero-order valence-corrected chi connectivity index (χ0v) is 8.86. The molecule has 0 aliphatic heterocycles. The molecule has 14 heavy (non-hydrogen) atoms. The molecule has 5 nitrogen and oxygen atoms in total. The summed E-state index contributed by atoms with van der Waals surface area (Å²) in [4.78, 5) is 10.7. The smallest absolute Gasteiger partial charge is 0.217 e. The highest BCUT2D eigenvalue weighted by Crippen LogP contribution is 1.97. The lowest BCUT2D eigenvalue weighted by molar-refractivity contribution is -0.121. The minimum Gasteiger partial charge on any atom is -0.394 e. The number of aliphatic hydroxyl groups is 2. The summed E-state index contributed by atoms with van der Waals surface area (Å²) in [6.45, 7) is 4.79. The molecule has 0 heterocycles. The van der Waals surface area contributed by atoms with Crippen molar-refractivity contribution in [2.24, 2.45) is 0 Å². The van der Waals surface area contributed by atoms with Crippen molar-refractivity contribution in [3.63, 3.8) is 0 Å². The number of rotatable bonds is 6. The van der Waals surface area contributed by atoms with Gasteiger partial charge in [-0.15, -0.1) is 0 Å². The van der Waals surface area contributed by atoms with Gasteiger partial charge in [-0.1, -0.05) is 0 Å². The minimum absolute atomic E-state index is 0.0768. The largest absolute Gasteiger partial charge is 0.394 e. The predicted molar refractivity (Wildman–Crippen MR) is 51.8 cm³/mol. The van der Waals surface area contributed by atoms with Crippen molar-refractivity contribution in [1.29, 1.82) is 0 Å². The lowest BCUT2D eigenvalue weighted by Crippen LogP contribution is -2.45. The molecule has 0 rings (SSSR count). The van der Waals surface area contributed by atoms with Crippen LogP contribution in [-0.2, 0) is 9.53 Å². The summed E-state index contributed by atoms with van der Waals surface area (Å²) >= 11 is 0. The number of carbonyl (C=O) groups is 1. The van der Waals surface area contributed by atoms with Gasteiger partial charge in [0.1, 0.15) is 0 Å². The fourth-order valence-corrected chi connectivity index (χ4v) is 0.883. The first-order chi connectivity index (χ1) is 6.47. The van der Waals surface area contributed by atoms with E-state index in [1.807, 2.05) is 0 Å². The monoisotopic (exact) mass is 205 g/mol. The summed E-state index contributed by atoms with van der Waals surface area (Å²) in [6, 6.07) is -0.429. The predicted octanol–water partition coefficient (Wildman–Crippen LogP) is -0.731. The molecule has 0 aliphatic rings. The maximum Gasteiger partial charge on any atom is 0.217 e. The molecular formula is C9H19NO4. The summed E-state index contributed by atoms with van der Waals surface area (Å²) in [5.74, 6) is -0.212. The van der Waals surface area contributed by atoms with E-state index in [1.54, 1.807) is 13.8 Å². The first-order valence-electron chi connectivity index (χ1n) is 4.65. The number of nitrogens with one attached hydrogen (secondary N) is 1. The van der Waals surface area contributed by atoms with Crippen molar-refractivity contribution >= 4 is 5.91 Å². The molecule has 0 saturated heterocycles. The summed E-state index contributed by atoms with van der Waals surface area (Å²) in [7, 11) is 0.